The van der Waals surface area contributed by atoms with Crippen molar-refractivity contribution < 1.29 is 22.7 Å². The van der Waals surface area contributed by atoms with Gasteiger partial charge in [-0.3, -0.25) is 4.79 Å². The molecule has 1 heterocycles. The Kier molecular flexibility index (Phi) is 5.76. The van der Waals surface area contributed by atoms with Crippen LogP contribution in [0, 0.1) is 5.92 Å². The number of sulfone groups is 1. The molecule has 1 saturated heterocycles. The van der Waals surface area contributed by atoms with E-state index in [4.69, 9.17) is 4.74 Å². The summed E-state index contributed by atoms with van der Waals surface area (Å²) >= 11 is 0. The van der Waals surface area contributed by atoms with Gasteiger partial charge in [0, 0.05) is 6.42 Å². The van der Waals surface area contributed by atoms with Crippen LogP contribution in [0.4, 0.5) is 5.69 Å². The molecule has 0 unspecified atom stereocenters. The molecule has 1 aromatic carbocycles. The lowest BCUT2D eigenvalue weighted by Gasteiger charge is -2.21. The predicted molar refractivity (Wildman–Crippen MR) is 87.0 cm³/mol. The van der Waals surface area contributed by atoms with Gasteiger partial charge in [-0.05, 0) is 37.8 Å². The van der Waals surface area contributed by atoms with E-state index in [1.54, 1.807) is 31.2 Å². The first-order chi connectivity index (χ1) is 10.9. The summed E-state index contributed by atoms with van der Waals surface area (Å²) in [7, 11) is -2.93. The number of benzene rings is 1. The molecule has 1 amide bonds. The first-order valence-electron chi connectivity index (χ1n) is 7.67. The van der Waals surface area contributed by atoms with Crippen molar-refractivity contribution in [1.29, 1.82) is 0 Å². The monoisotopic (exact) mass is 339 g/mol. The highest BCUT2D eigenvalue weighted by Gasteiger charge is 2.25. The van der Waals surface area contributed by atoms with Gasteiger partial charge in [0.1, 0.15) is 9.84 Å². The fourth-order valence-corrected chi connectivity index (χ4v) is 4.17. The molecule has 0 spiro atoms. The third kappa shape index (κ3) is 5.06. The molecule has 1 aliphatic rings. The molecule has 0 atom stereocenters. The van der Waals surface area contributed by atoms with Gasteiger partial charge in [0.15, 0.2) is 0 Å². The number of carbonyl (C=O) groups excluding carboxylic acids is 2. The van der Waals surface area contributed by atoms with Crippen LogP contribution in [0.25, 0.3) is 0 Å². The minimum Gasteiger partial charge on any atom is -0.462 e. The van der Waals surface area contributed by atoms with Crippen molar-refractivity contribution >= 4 is 27.4 Å². The van der Waals surface area contributed by atoms with Gasteiger partial charge in [0.05, 0.1) is 29.4 Å². The van der Waals surface area contributed by atoms with Crippen LogP contribution in [0.3, 0.4) is 0 Å². The number of ether oxygens (including phenoxy) is 1. The van der Waals surface area contributed by atoms with Crippen LogP contribution in [0.1, 0.15) is 36.5 Å². The van der Waals surface area contributed by atoms with E-state index in [-0.39, 0.29) is 36.4 Å². The van der Waals surface area contributed by atoms with E-state index in [0.717, 1.165) is 0 Å². The average molecular weight is 339 g/mol. The van der Waals surface area contributed by atoms with E-state index in [1.165, 1.54) is 0 Å². The number of esters is 1. The molecule has 0 bridgehead atoms. The number of hydrogen-bond acceptors (Lipinski definition) is 5. The lowest BCUT2D eigenvalue weighted by atomic mass is 9.98. The fourth-order valence-electron chi connectivity index (χ4n) is 2.59. The van der Waals surface area contributed by atoms with Crippen LogP contribution in [0.5, 0.6) is 0 Å². The van der Waals surface area contributed by atoms with Crippen molar-refractivity contribution in [2.45, 2.75) is 26.2 Å². The van der Waals surface area contributed by atoms with E-state index in [2.05, 4.69) is 5.32 Å². The molecule has 1 aliphatic heterocycles. The number of rotatable bonds is 5. The Morgan fingerprint density at radius 3 is 2.52 bits per heavy atom. The second-order valence-electron chi connectivity index (χ2n) is 5.61. The molecule has 0 radical (unpaired) electrons. The molecule has 1 N–H and O–H groups in total. The number of anilines is 1. The number of nitrogens with one attached hydrogen (secondary N) is 1. The van der Waals surface area contributed by atoms with Crippen molar-refractivity contribution in [1.82, 2.24) is 0 Å². The van der Waals surface area contributed by atoms with Crippen LogP contribution in [-0.2, 0) is 19.4 Å². The van der Waals surface area contributed by atoms with E-state index in [9.17, 15) is 18.0 Å². The number of amides is 1. The van der Waals surface area contributed by atoms with Crippen LogP contribution < -0.4 is 5.32 Å². The molecule has 2 rings (SSSR count). The smallest absolute Gasteiger partial charge is 0.340 e. The van der Waals surface area contributed by atoms with Gasteiger partial charge in [0.2, 0.25) is 5.91 Å². The summed E-state index contributed by atoms with van der Waals surface area (Å²) < 4.78 is 27.8. The van der Waals surface area contributed by atoms with Crippen molar-refractivity contribution in [3.63, 3.8) is 0 Å². The zero-order chi connectivity index (χ0) is 16.9. The number of carbonyl (C=O) groups is 2. The first kappa shape index (κ1) is 17.5. The third-order valence-corrected chi connectivity index (χ3v) is 5.56. The number of hydrogen-bond donors (Lipinski definition) is 1. The maximum atomic E-state index is 12.2. The van der Waals surface area contributed by atoms with Gasteiger partial charge in [-0.15, -0.1) is 0 Å². The molecule has 126 valence electrons. The van der Waals surface area contributed by atoms with Crippen LogP contribution in [0.15, 0.2) is 24.3 Å². The van der Waals surface area contributed by atoms with Crippen molar-refractivity contribution in [2.24, 2.45) is 5.92 Å². The zero-order valence-corrected chi connectivity index (χ0v) is 13.9. The summed E-state index contributed by atoms with van der Waals surface area (Å²) in [6, 6.07) is 6.68. The fraction of sp³-hybridized carbons (Fsp3) is 0.500. The van der Waals surface area contributed by atoms with Crippen LogP contribution in [-0.4, -0.2) is 38.4 Å². The van der Waals surface area contributed by atoms with Gasteiger partial charge in [0.25, 0.3) is 0 Å². The van der Waals surface area contributed by atoms with Gasteiger partial charge in [-0.25, -0.2) is 13.2 Å². The SMILES string of the molecule is CCOC(=O)c1ccccc1NC(=O)CC1CCS(=O)(=O)CC1. The summed E-state index contributed by atoms with van der Waals surface area (Å²) in [5.41, 5.74) is 0.730. The molecule has 23 heavy (non-hydrogen) atoms. The Balaban J connectivity index is 1.97. The summed E-state index contributed by atoms with van der Waals surface area (Å²) in [5, 5.41) is 2.73. The highest BCUT2D eigenvalue weighted by Crippen LogP contribution is 2.23. The second-order valence-corrected chi connectivity index (χ2v) is 7.92. The second kappa shape index (κ2) is 7.59. The van der Waals surface area contributed by atoms with E-state index in [0.29, 0.717) is 24.1 Å². The minimum absolute atomic E-state index is 0.0632. The molecule has 0 aromatic heterocycles. The quantitative estimate of drug-likeness (QED) is 0.829. The summed E-state index contributed by atoms with van der Waals surface area (Å²) in [4.78, 5) is 24.0. The molecular formula is C16H21NO5S. The normalized spacial score (nSPS) is 17.4. The molecule has 6 nitrogen and oxygen atoms in total. The molecule has 0 saturated carbocycles. The molecule has 1 fully saturated rings. The summed E-state index contributed by atoms with van der Waals surface area (Å²) in [6.07, 6.45) is 1.28. The van der Waals surface area contributed by atoms with E-state index >= 15 is 0 Å². The van der Waals surface area contributed by atoms with Crippen molar-refractivity contribution in [3.05, 3.63) is 29.8 Å². The maximum absolute atomic E-state index is 12.2. The lowest BCUT2D eigenvalue weighted by molar-refractivity contribution is -0.117. The molecular weight excluding hydrogens is 318 g/mol. The standard InChI is InChI=1S/C16H21NO5S/c1-2-22-16(19)13-5-3-4-6-14(13)17-15(18)11-12-7-9-23(20,21)10-8-12/h3-6,12H,2,7-11H2,1H3,(H,17,18). The highest BCUT2D eigenvalue weighted by molar-refractivity contribution is 7.91. The van der Waals surface area contributed by atoms with Crippen LogP contribution in [0.2, 0.25) is 0 Å². The Morgan fingerprint density at radius 2 is 1.87 bits per heavy atom. The van der Waals surface area contributed by atoms with Gasteiger partial charge in [-0.1, -0.05) is 12.1 Å². The number of para-hydroxylation sites is 1. The van der Waals surface area contributed by atoms with Crippen LogP contribution >= 0.6 is 0 Å². The lowest BCUT2D eigenvalue weighted by Crippen LogP contribution is -2.27. The van der Waals surface area contributed by atoms with Gasteiger partial charge in [-0.2, -0.15) is 0 Å². The topological polar surface area (TPSA) is 89.5 Å². The Morgan fingerprint density at radius 1 is 1.22 bits per heavy atom. The average Bonchev–Trinajstić information content (AvgIpc) is 2.50. The van der Waals surface area contributed by atoms with Gasteiger partial charge < -0.3 is 10.1 Å². The van der Waals surface area contributed by atoms with Gasteiger partial charge >= 0.3 is 5.97 Å². The third-order valence-electron chi connectivity index (χ3n) is 3.84. The maximum Gasteiger partial charge on any atom is 0.340 e. The Bertz CT molecular complexity index is 669. The highest BCUT2D eigenvalue weighted by atomic mass is 32.2. The van der Waals surface area contributed by atoms with Crippen molar-refractivity contribution in [2.75, 3.05) is 23.4 Å². The predicted octanol–water partition coefficient (Wildman–Crippen LogP) is 2.02. The largest absolute Gasteiger partial charge is 0.462 e. The summed E-state index contributed by atoms with van der Waals surface area (Å²) in [6.45, 7) is 1.98. The Hall–Kier alpha value is -1.89. The Labute approximate surface area is 136 Å². The zero-order valence-electron chi connectivity index (χ0n) is 13.1. The van der Waals surface area contributed by atoms with Crippen molar-refractivity contribution in [3.8, 4) is 0 Å². The first-order valence-corrected chi connectivity index (χ1v) is 9.50. The summed E-state index contributed by atoms with van der Waals surface area (Å²) in [5.74, 6) is -0.346. The molecule has 1 aromatic rings. The molecule has 7 heteroatoms. The van der Waals surface area contributed by atoms with E-state index < -0.39 is 15.8 Å². The van der Waals surface area contributed by atoms with E-state index in [1.807, 2.05) is 0 Å². The minimum atomic E-state index is -2.93. The molecule has 0 aliphatic carbocycles.